The number of fused-ring (bicyclic) bond motifs is 3. The molecule has 0 saturated carbocycles. The Labute approximate surface area is 138 Å². The molecule has 2 aromatic rings. The summed E-state index contributed by atoms with van der Waals surface area (Å²) in [5.74, 6) is 1.10. The van der Waals surface area contributed by atoms with E-state index in [9.17, 15) is 0 Å². The lowest BCUT2D eigenvalue weighted by atomic mass is 9.77. The molecule has 0 unspecified atom stereocenters. The lowest BCUT2D eigenvalue weighted by molar-refractivity contribution is 0.244. The van der Waals surface area contributed by atoms with Gasteiger partial charge < -0.3 is 0 Å². The maximum atomic E-state index is 4.92. The van der Waals surface area contributed by atoms with Crippen LogP contribution in [0.25, 0.3) is 0 Å². The van der Waals surface area contributed by atoms with Crippen LogP contribution in [0.15, 0.2) is 53.6 Å². The fourth-order valence-corrected chi connectivity index (χ4v) is 4.09. The molecule has 1 aliphatic heterocycles. The molecule has 2 aromatic carbocycles. The van der Waals surface area contributed by atoms with Crippen molar-refractivity contribution in [3.63, 3.8) is 0 Å². The molecule has 2 heteroatoms. The minimum Gasteiger partial charge on any atom is -0.292 e. The molecule has 1 heterocycles. The summed E-state index contributed by atoms with van der Waals surface area (Å²) in [5, 5.41) is 7.09. The number of nitrogens with zero attached hydrogens (tertiary/aromatic N) is 2. The average molecular weight is 304 g/mol. The van der Waals surface area contributed by atoms with Gasteiger partial charge in [0.2, 0.25) is 0 Å². The highest BCUT2D eigenvalue weighted by molar-refractivity contribution is 6.05. The summed E-state index contributed by atoms with van der Waals surface area (Å²) in [4.78, 5) is 0. The number of rotatable bonds is 2. The fraction of sp³-hybridized carbons (Fsp3) is 0.381. The predicted octanol–water partition coefficient (Wildman–Crippen LogP) is 4.76. The third-order valence-corrected chi connectivity index (χ3v) is 5.36. The molecule has 2 aliphatic rings. The molecule has 2 atom stereocenters. The summed E-state index contributed by atoms with van der Waals surface area (Å²) >= 11 is 0. The molecule has 0 N–H and O–H groups in total. The second kappa shape index (κ2) is 5.52. The lowest BCUT2D eigenvalue weighted by Gasteiger charge is -2.29. The van der Waals surface area contributed by atoms with Crippen molar-refractivity contribution in [3.8, 4) is 0 Å². The smallest absolute Gasteiger partial charge is 0.0801 e. The zero-order valence-electron chi connectivity index (χ0n) is 14.2. The van der Waals surface area contributed by atoms with Crippen LogP contribution in [0.3, 0.4) is 0 Å². The average Bonchev–Trinajstić information content (AvgIpc) is 2.91. The summed E-state index contributed by atoms with van der Waals surface area (Å²) in [6.45, 7) is 4.49. The fourth-order valence-electron chi connectivity index (χ4n) is 4.09. The number of benzene rings is 2. The highest BCUT2D eigenvalue weighted by atomic mass is 15.5. The van der Waals surface area contributed by atoms with Crippen LogP contribution in [0.2, 0.25) is 0 Å². The van der Waals surface area contributed by atoms with Crippen molar-refractivity contribution < 1.29 is 0 Å². The van der Waals surface area contributed by atoms with Gasteiger partial charge in [-0.15, -0.1) is 0 Å². The highest BCUT2D eigenvalue weighted by Crippen LogP contribution is 2.42. The third-order valence-electron chi connectivity index (χ3n) is 5.36. The second-order valence-corrected chi connectivity index (χ2v) is 7.13. The van der Waals surface area contributed by atoms with Crippen molar-refractivity contribution in [2.75, 3.05) is 7.05 Å². The van der Waals surface area contributed by atoms with Crippen LogP contribution >= 0.6 is 0 Å². The van der Waals surface area contributed by atoms with Crippen LogP contribution in [0, 0.1) is 5.92 Å². The van der Waals surface area contributed by atoms with E-state index in [1.54, 1.807) is 0 Å². The van der Waals surface area contributed by atoms with Crippen molar-refractivity contribution in [1.29, 1.82) is 0 Å². The molecule has 1 aliphatic carbocycles. The minimum atomic E-state index is 0.375. The molecule has 0 radical (unpaired) electrons. The first-order valence-corrected chi connectivity index (χ1v) is 8.64. The topological polar surface area (TPSA) is 15.6 Å². The van der Waals surface area contributed by atoms with Gasteiger partial charge in [0.05, 0.1) is 11.8 Å². The van der Waals surface area contributed by atoms with Gasteiger partial charge in [-0.2, -0.15) is 5.10 Å². The van der Waals surface area contributed by atoms with Gasteiger partial charge in [0.25, 0.3) is 0 Å². The Hall–Kier alpha value is -2.09. The van der Waals surface area contributed by atoms with E-state index >= 15 is 0 Å². The summed E-state index contributed by atoms with van der Waals surface area (Å²) in [5.41, 5.74) is 6.89. The van der Waals surface area contributed by atoms with Crippen LogP contribution in [0.1, 0.15) is 54.5 Å². The molecule has 0 spiro atoms. The van der Waals surface area contributed by atoms with Crippen LogP contribution in [0.4, 0.5) is 0 Å². The summed E-state index contributed by atoms with van der Waals surface area (Å²) in [7, 11) is 2.12. The summed E-state index contributed by atoms with van der Waals surface area (Å²) in [6, 6.07) is 18.3. The van der Waals surface area contributed by atoms with Gasteiger partial charge in [0.1, 0.15) is 0 Å². The van der Waals surface area contributed by atoms with Crippen LogP contribution in [-0.4, -0.2) is 17.8 Å². The molecule has 2 nitrogen and oxygen atoms in total. The van der Waals surface area contributed by atoms with E-state index in [-0.39, 0.29) is 0 Å². The van der Waals surface area contributed by atoms with E-state index in [1.807, 2.05) is 0 Å². The van der Waals surface area contributed by atoms with Gasteiger partial charge in [-0.05, 0) is 35.4 Å². The van der Waals surface area contributed by atoms with Gasteiger partial charge in [-0.25, -0.2) is 0 Å². The Balaban J connectivity index is 1.68. The first-order valence-electron chi connectivity index (χ1n) is 8.64. The van der Waals surface area contributed by atoms with Crippen molar-refractivity contribution in [3.05, 3.63) is 70.8 Å². The second-order valence-electron chi connectivity index (χ2n) is 7.13. The monoisotopic (exact) mass is 304 g/mol. The maximum Gasteiger partial charge on any atom is 0.0801 e. The van der Waals surface area contributed by atoms with E-state index in [2.05, 4.69) is 74.4 Å². The van der Waals surface area contributed by atoms with Crippen LogP contribution in [0.5, 0.6) is 0 Å². The summed E-state index contributed by atoms with van der Waals surface area (Å²) < 4.78 is 0. The lowest BCUT2D eigenvalue weighted by Crippen LogP contribution is -2.27. The molecule has 0 bridgehead atoms. The quantitative estimate of drug-likeness (QED) is 0.781. The molecule has 23 heavy (non-hydrogen) atoms. The van der Waals surface area contributed by atoms with Gasteiger partial charge in [0.15, 0.2) is 0 Å². The number of hydrazone groups is 1. The van der Waals surface area contributed by atoms with Crippen molar-refractivity contribution in [1.82, 2.24) is 5.01 Å². The van der Waals surface area contributed by atoms with Gasteiger partial charge in [-0.3, -0.25) is 5.01 Å². The molecule has 0 aromatic heterocycles. The molecule has 0 amide bonds. The van der Waals surface area contributed by atoms with Gasteiger partial charge >= 0.3 is 0 Å². The van der Waals surface area contributed by atoms with Crippen LogP contribution < -0.4 is 0 Å². The zero-order valence-corrected chi connectivity index (χ0v) is 14.2. The van der Waals surface area contributed by atoms with E-state index in [0.717, 1.165) is 6.42 Å². The standard InChI is InChI=1S/C21H24N2/c1-14(2)15-8-10-17(11-9-15)21-19-13-12-16-6-4-5-7-18(16)20(19)22-23(21)3/h4-11,14,19,21H,12-13H2,1-3H3/t19-,21+/m0/s1. The van der Waals surface area contributed by atoms with Gasteiger partial charge in [-0.1, -0.05) is 62.4 Å². The first-order chi connectivity index (χ1) is 11.1. The van der Waals surface area contributed by atoms with Crippen molar-refractivity contribution in [2.24, 2.45) is 11.0 Å². The Morgan fingerprint density at radius 1 is 1.04 bits per heavy atom. The summed E-state index contributed by atoms with van der Waals surface area (Å²) in [6.07, 6.45) is 2.35. The van der Waals surface area contributed by atoms with Crippen LogP contribution in [-0.2, 0) is 6.42 Å². The maximum absolute atomic E-state index is 4.92. The molecule has 4 rings (SSSR count). The van der Waals surface area contributed by atoms with E-state index in [0.29, 0.717) is 17.9 Å². The number of hydrogen-bond acceptors (Lipinski definition) is 2. The van der Waals surface area contributed by atoms with E-state index in [4.69, 9.17) is 5.10 Å². The Bertz CT molecular complexity index is 743. The largest absolute Gasteiger partial charge is 0.292 e. The third kappa shape index (κ3) is 2.37. The molecule has 0 fully saturated rings. The normalized spacial score (nSPS) is 22.8. The van der Waals surface area contributed by atoms with Gasteiger partial charge in [0, 0.05) is 18.5 Å². The first kappa shape index (κ1) is 14.5. The molecule has 118 valence electrons. The zero-order chi connectivity index (χ0) is 16.0. The Morgan fingerprint density at radius 2 is 1.78 bits per heavy atom. The number of aryl methyl sites for hydroxylation is 1. The highest BCUT2D eigenvalue weighted by Gasteiger charge is 2.39. The SMILES string of the molecule is CC(C)c1ccc([C@@H]2[C@H]3CCc4ccccc4C3=NN2C)cc1. The minimum absolute atomic E-state index is 0.375. The number of hydrogen-bond donors (Lipinski definition) is 0. The Kier molecular flexibility index (Phi) is 3.48. The van der Waals surface area contributed by atoms with E-state index < -0.39 is 0 Å². The Morgan fingerprint density at radius 3 is 2.52 bits per heavy atom. The predicted molar refractivity (Wildman–Crippen MR) is 95.8 cm³/mol. The van der Waals surface area contributed by atoms with Crippen molar-refractivity contribution in [2.45, 2.75) is 38.6 Å². The molecule has 0 saturated heterocycles. The molecular weight excluding hydrogens is 280 g/mol. The van der Waals surface area contributed by atoms with E-state index in [1.165, 1.54) is 34.4 Å². The molecular formula is C21H24N2. The van der Waals surface area contributed by atoms with Crippen molar-refractivity contribution >= 4 is 5.71 Å².